The fourth-order valence-corrected chi connectivity index (χ4v) is 2.77. The molecule has 7 heteroatoms. The maximum absolute atomic E-state index is 9.49. The summed E-state index contributed by atoms with van der Waals surface area (Å²) in [6, 6.07) is 1.55. The van der Waals surface area contributed by atoms with Gasteiger partial charge >= 0.3 is 0 Å². The van der Waals surface area contributed by atoms with Crippen LogP contribution in [0.25, 0.3) is 22.8 Å². The van der Waals surface area contributed by atoms with Crippen LogP contribution < -0.4 is 0 Å². The average Bonchev–Trinajstić information content (AvgIpc) is 3.13. The van der Waals surface area contributed by atoms with E-state index in [0.717, 1.165) is 30.6 Å². The molecule has 0 saturated heterocycles. The van der Waals surface area contributed by atoms with Crippen molar-refractivity contribution in [2.24, 2.45) is 5.92 Å². The zero-order valence-electron chi connectivity index (χ0n) is 12.1. The predicted molar refractivity (Wildman–Crippen MR) is 77.9 cm³/mol. The van der Waals surface area contributed by atoms with Crippen molar-refractivity contribution in [1.29, 1.82) is 0 Å². The monoisotopic (exact) mass is 297 g/mol. The first-order valence-corrected chi connectivity index (χ1v) is 7.24. The first-order chi connectivity index (χ1) is 10.7. The summed E-state index contributed by atoms with van der Waals surface area (Å²) in [5.74, 6) is 1.55. The van der Waals surface area contributed by atoms with Crippen LogP contribution in [0, 0.1) is 5.92 Å². The third-order valence-electron chi connectivity index (χ3n) is 3.96. The molecule has 22 heavy (non-hydrogen) atoms. The summed E-state index contributed by atoms with van der Waals surface area (Å²) in [4.78, 5) is 8.34. The second kappa shape index (κ2) is 4.94. The van der Waals surface area contributed by atoms with E-state index in [-0.39, 0.29) is 5.75 Å². The zero-order chi connectivity index (χ0) is 15.1. The van der Waals surface area contributed by atoms with Gasteiger partial charge < -0.3 is 9.63 Å². The molecular weight excluding hydrogens is 282 g/mol. The summed E-state index contributed by atoms with van der Waals surface area (Å²) < 4.78 is 7.39. The number of nitrogens with zero attached hydrogens (tertiary/aromatic N) is 5. The Morgan fingerprint density at radius 3 is 3.09 bits per heavy atom. The molecule has 3 aromatic heterocycles. The van der Waals surface area contributed by atoms with Crippen molar-refractivity contribution in [3.8, 4) is 28.6 Å². The van der Waals surface area contributed by atoms with Crippen LogP contribution in [0.2, 0.25) is 0 Å². The first kappa shape index (κ1) is 13.0. The molecule has 1 aliphatic heterocycles. The lowest BCUT2D eigenvalue weighted by molar-refractivity contribution is 0.390. The van der Waals surface area contributed by atoms with Crippen molar-refractivity contribution in [3.63, 3.8) is 0 Å². The van der Waals surface area contributed by atoms with Gasteiger partial charge in [-0.1, -0.05) is 12.1 Å². The summed E-state index contributed by atoms with van der Waals surface area (Å²) in [7, 11) is 0. The Labute approximate surface area is 126 Å². The van der Waals surface area contributed by atoms with Gasteiger partial charge in [-0.25, -0.2) is 0 Å². The number of aromatic nitrogens is 5. The minimum absolute atomic E-state index is 0.0700. The molecule has 4 rings (SSSR count). The van der Waals surface area contributed by atoms with Crippen molar-refractivity contribution in [1.82, 2.24) is 24.9 Å². The Bertz CT molecular complexity index is 823. The summed E-state index contributed by atoms with van der Waals surface area (Å²) in [6.07, 6.45) is 6.83. The molecule has 0 spiro atoms. The Balaban J connectivity index is 1.72. The van der Waals surface area contributed by atoms with Gasteiger partial charge in [0.25, 0.3) is 5.89 Å². The van der Waals surface area contributed by atoms with E-state index in [1.54, 1.807) is 18.5 Å². The topological polar surface area (TPSA) is 89.9 Å². The molecule has 0 amide bonds. The molecule has 4 heterocycles. The maximum atomic E-state index is 9.49. The Morgan fingerprint density at radius 2 is 2.23 bits per heavy atom. The highest BCUT2D eigenvalue weighted by molar-refractivity contribution is 5.61. The van der Waals surface area contributed by atoms with Gasteiger partial charge in [-0.05, 0) is 24.8 Å². The van der Waals surface area contributed by atoms with Crippen LogP contribution in [0.4, 0.5) is 0 Å². The van der Waals surface area contributed by atoms with E-state index < -0.39 is 0 Å². The van der Waals surface area contributed by atoms with E-state index in [4.69, 9.17) is 4.52 Å². The number of hydrogen-bond donors (Lipinski definition) is 1. The van der Waals surface area contributed by atoms with Gasteiger partial charge in [0.1, 0.15) is 5.75 Å². The highest BCUT2D eigenvalue weighted by Gasteiger charge is 2.23. The van der Waals surface area contributed by atoms with E-state index in [2.05, 4.69) is 27.1 Å². The summed E-state index contributed by atoms with van der Waals surface area (Å²) >= 11 is 0. The Morgan fingerprint density at radius 1 is 1.32 bits per heavy atom. The second-order valence-electron chi connectivity index (χ2n) is 5.68. The lowest BCUT2D eigenvalue weighted by Gasteiger charge is -2.19. The molecule has 0 radical (unpaired) electrons. The van der Waals surface area contributed by atoms with Gasteiger partial charge in [-0.2, -0.15) is 10.1 Å². The number of fused-ring (bicyclic) bond motifs is 1. The number of pyridine rings is 1. The molecule has 1 unspecified atom stereocenters. The van der Waals surface area contributed by atoms with Crippen LogP contribution in [0.3, 0.4) is 0 Å². The largest absolute Gasteiger partial charge is 0.506 e. The van der Waals surface area contributed by atoms with Crippen molar-refractivity contribution >= 4 is 0 Å². The first-order valence-electron chi connectivity index (χ1n) is 7.24. The minimum atomic E-state index is 0.0700. The van der Waals surface area contributed by atoms with E-state index in [1.807, 2.05) is 4.68 Å². The van der Waals surface area contributed by atoms with Crippen LogP contribution >= 0.6 is 0 Å². The van der Waals surface area contributed by atoms with Gasteiger partial charge in [0.05, 0.1) is 23.7 Å². The minimum Gasteiger partial charge on any atom is -0.506 e. The van der Waals surface area contributed by atoms with Crippen molar-refractivity contribution < 1.29 is 9.63 Å². The van der Waals surface area contributed by atoms with Gasteiger partial charge in [-0.15, -0.1) is 0 Å². The summed E-state index contributed by atoms with van der Waals surface area (Å²) in [5, 5.41) is 17.9. The summed E-state index contributed by atoms with van der Waals surface area (Å²) in [5.41, 5.74) is 2.64. The number of hydrogen-bond acceptors (Lipinski definition) is 6. The number of rotatable bonds is 2. The van der Waals surface area contributed by atoms with Crippen molar-refractivity contribution in [3.05, 3.63) is 30.4 Å². The molecule has 0 bridgehead atoms. The van der Waals surface area contributed by atoms with Crippen LogP contribution in [0.1, 0.15) is 19.0 Å². The maximum Gasteiger partial charge on any atom is 0.261 e. The summed E-state index contributed by atoms with van der Waals surface area (Å²) in [6.45, 7) is 3.16. The zero-order valence-corrected chi connectivity index (χ0v) is 12.1. The van der Waals surface area contributed by atoms with E-state index in [1.165, 1.54) is 6.20 Å². The fourth-order valence-electron chi connectivity index (χ4n) is 2.77. The molecule has 3 aromatic rings. The molecule has 0 aliphatic carbocycles. The standard InChI is InChI=1S/C15H15N5O2/c1-9-2-3-20-13(4-9)12(8-17-20)15-18-14(19-22-15)10-5-11(21)7-16-6-10/h5-9,21H,2-4H2,1H3. The smallest absolute Gasteiger partial charge is 0.261 e. The molecule has 0 fully saturated rings. The van der Waals surface area contributed by atoms with Crippen LogP contribution in [0.5, 0.6) is 5.75 Å². The van der Waals surface area contributed by atoms with Crippen LogP contribution in [-0.4, -0.2) is 30.0 Å². The highest BCUT2D eigenvalue weighted by Crippen LogP contribution is 2.30. The van der Waals surface area contributed by atoms with Gasteiger partial charge in [0.15, 0.2) is 0 Å². The number of aromatic hydroxyl groups is 1. The van der Waals surface area contributed by atoms with Gasteiger partial charge in [0, 0.05) is 18.3 Å². The van der Waals surface area contributed by atoms with Gasteiger partial charge in [-0.3, -0.25) is 9.67 Å². The van der Waals surface area contributed by atoms with Crippen LogP contribution in [0.15, 0.2) is 29.2 Å². The van der Waals surface area contributed by atoms with E-state index in [0.29, 0.717) is 23.2 Å². The van der Waals surface area contributed by atoms with Crippen LogP contribution in [-0.2, 0) is 13.0 Å². The quantitative estimate of drug-likeness (QED) is 0.780. The Hall–Kier alpha value is -2.70. The fraction of sp³-hybridized carbons (Fsp3) is 0.333. The second-order valence-corrected chi connectivity index (χ2v) is 5.68. The van der Waals surface area contributed by atoms with Gasteiger partial charge in [0.2, 0.25) is 5.82 Å². The molecule has 112 valence electrons. The average molecular weight is 297 g/mol. The highest BCUT2D eigenvalue weighted by atomic mass is 16.5. The third-order valence-corrected chi connectivity index (χ3v) is 3.96. The molecule has 1 N–H and O–H groups in total. The van der Waals surface area contributed by atoms with E-state index >= 15 is 0 Å². The van der Waals surface area contributed by atoms with Crippen molar-refractivity contribution in [2.75, 3.05) is 0 Å². The number of aryl methyl sites for hydroxylation is 1. The van der Waals surface area contributed by atoms with Crippen molar-refractivity contribution in [2.45, 2.75) is 26.3 Å². The molecule has 7 nitrogen and oxygen atoms in total. The molecule has 1 aliphatic rings. The SMILES string of the molecule is CC1CCn2ncc(-c3nc(-c4cncc(O)c4)no3)c2C1. The Kier molecular flexibility index (Phi) is 2.92. The molecular formula is C15H15N5O2. The normalized spacial score (nSPS) is 17.4. The lowest BCUT2D eigenvalue weighted by Crippen LogP contribution is -2.18. The lowest BCUT2D eigenvalue weighted by atomic mass is 9.96. The molecule has 1 atom stereocenters. The molecule has 0 aromatic carbocycles. The van der Waals surface area contributed by atoms with E-state index in [9.17, 15) is 5.11 Å². The predicted octanol–water partition coefficient (Wildman–Crippen LogP) is 2.28. The molecule has 0 saturated carbocycles. The third kappa shape index (κ3) is 2.14.